The van der Waals surface area contributed by atoms with E-state index in [-0.39, 0.29) is 0 Å². The predicted octanol–water partition coefficient (Wildman–Crippen LogP) is 2.67. The number of benzene rings is 1. The summed E-state index contributed by atoms with van der Waals surface area (Å²) in [7, 11) is 0. The van der Waals surface area contributed by atoms with Gasteiger partial charge in [-0.3, -0.25) is 4.98 Å². The highest BCUT2D eigenvalue weighted by Gasteiger charge is 2.22. The van der Waals surface area contributed by atoms with Crippen LogP contribution < -0.4 is 0 Å². The summed E-state index contributed by atoms with van der Waals surface area (Å²) < 4.78 is 10.8. The molecule has 0 saturated carbocycles. The maximum absolute atomic E-state index is 10.3. The van der Waals surface area contributed by atoms with Crippen LogP contribution in [0, 0.1) is 0 Å². The Bertz CT molecular complexity index is 524. The van der Waals surface area contributed by atoms with Crippen LogP contribution in [0.15, 0.2) is 36.5 Å². The number of ether oxygens (including phenoxy) is 2. The molecule has 0 aliphatic rings. The molecule has 2 aromatic rings. The van der Waals surface area contributed by atoms with Crippen LogP contribution in [0.4, 0.5) is 0 Å². The van der Waals surface area contributed by atoms with Gasteiger partial charge < -0.3 is 14.6 Å². The van der Waals surface area contributed by atoms with E-state index in [9.17, 15) is 5.11 Å². The summed E-state index contributed by atoms with van der Waals surface area (Å²) >= 11 is 0. The van der Waals surface area contributed by atoms with Gasteiger partial charge in [-0.15, -0.1) is 0 Å². The van der Waals surface area contributed by atoms with Crippen LogP contribution in [0.3, 0.4) is 0 Å². The van der Waals surface area contributed by atoms with Crippen molar-refractivity contribution in [3.8, 4) is 0 Å². The van der Waals surface area contributed by atoms with Gasteiger partial charge in [0.15, 0.2) is 6.29 Å². The Labute approximate surface area is 113 Å². The molecule has 1 aromatic carbocycles. The van der Waals surface area contributed by atoms with E-state index in [4.69, 9.17) is 9.47 Å². The average Bonchev–Trinajstić information content (AvgIpc) is 2.46. The van der Waals surface area contributed by atoms with Crippen LogP contribution in [0.2, 0.25) is 0 Å². The zero-order valence-corrected chi connectivity index (χ0v) is 11.2. The number of para-hydroxylation sites is 1. The minimum atomic E-state index is -0.836. The molecule has 0 aliphatic carbocycles. The Morgan fingerprint density at radius 2 is 1.84 bits per heavy atom. The van der Waals surface area contributed by atoms with Crippen molar-refractivity contribution in [2.75, 3.05) is 13.2 Å². The third-order valence-corrected chi connectivity index (χ3v) is 2.87. The predicted molar refractivity (Wildman–Crippen MR) is 73.7 cm³/mol. The second-order valence-electron chi connectivity index (χ2n) is 4.19. The standard InChI is InChI=1S/C15H19NO3/c1-3-18-15(19-4-2)14(17)12-9-11-7-5-6-8-13(11)16-10-12/h5-10,14-15,17H,3-4H2,1-2H3. The molecule has 1 aromatic heterocycles. The molecule has 1 unspecified atom stereocenters. The summed E-state index contributed by atoms with van der Waals surface area (Å²) in [4.78, 5) is 4.33. The van der Waals surface area contributed by atoms with E-state index in [0.29, 0.717) is 18.8 Å². The molecule has 0 fully saturated rings. The molecule has 0 radical (unpaired) electrons. The number of aliphatic hydroxyl groups is 1. The third-order valence-electron chi connectivity index (χ3n) is 2.87. The molecule has 0 saturated heterocycles. The van der Waals surface area contributed by atoms with Gasteiger partial charge in [0.05, 0.1) is 5.52 Å². The first kappa shape index (κ1) is 13.9. The van der Waals surface area contributed by atoms with Gasteiger partial charge in [-0.1, -0.05) is 18.2 Å². The minimum absolute atomic E-state index is 0.489. The van der Waals surface area contributed by atoms with Crippen molar-refractivity contribution in [3.05, 3.63) is 42.1 Å². The summed E-state index contributed by atoms with van der Waals surface area (Å²) in [6.07, 6.45) is 0.174. The van der Waals surface area contributed by atoms with Gasteiger partial charge in [-0.05, 0) is 26.0 Å². The summed E-state index contributed by atoms with van der Waals surface area (Å²) in [5, 5.41) is 11.3. The molecule has 19 heavy (non-hydrogen) atoms. The van der Waals surface area contributed by atoms with Crippen LogP contribution in [0.25, 0.3) is 10.9 Å². The highest BCUT2D eigenvalue weighted by molar-refractivity contribution is 5.78. The Balaban J connectivity index is 2.26. The molecule has 0 spiro atoms. The van der Waals surface area contributed by atoms with Crippen molar-refractivity contribution in [1.29, 1.82) is 0 Å². The van der Waals surface area contributed by atoms with Crippen molar-refractivity contribution in [2.45, 2.75) is 26.2 Å². The topological polar surface area (TPSA) is 51.6 Å². The molecule has 102 valence electrons. The Morgan fingerprint density at radius 1 is 1.16 bits per heavy atom. The van der Waals surface area contributed by atoms with Crippen molar-refractivity contribution in [3.63, 3.8) is 0 Å². The first-order valence-corrected chi connectivity index (χ1v) is 6.52. The summed E-state index contributed by atoms with van der Waals surface area (Å²) in [5.41, 5.74) is 1.61. The van der Waals surface area contributed by atoms with E-state index in [1.54, 1.807) is 6.20 Å². The lowest BCUT2D eigenvalue weighted by Gasteiger charge is -2.22. The van der Waals surface area contributed by atoms with Crippen molar-refractivity contribution >= 4 is 10.9 Å². The smallest absolute Gasteiger partial charge is 0.187 e. The lowest BCUT2D eigenvalue weighted by atomic mass is 10.1. The summed E-state index contributed by atoms with van der Waals surface area (Å²) in [6.45, 7) is 4.72. The van der Waals surface area contributed by atoms with E-state index < -0.39 is 12.4 Å². The molecule has 0 bridgehead atoms. The molecular weight excluding hydrogens is 242 g/mol. The molecule has 4 nitrogen and oxygen atoms in total. The molecule has 2 rings (SSSR count). The molecule has 4 heteroatoms. The van der Waals surface area contributed by atoms with E-state index in [1.807, 2.05) is 44.2 Å². The summed E-state index contributed by atoms with van der Waals surface area (Å²) in [6, 6.07) is 9.71. The van der Waals surface area contributed by atoms with Gasteiger partial charge in [0.2, 0.25) is 0 Å². The second-order valence-corrected chi connectivity index (χ2v) is 4.19. The zero-order chi connectivity index (χ0) is 13.7. The van der Waals surface area contributed by atoms with Crippen molar-refractivity contribution in [2.24, 2.45) is 0 Å². The molecule has 1 N–H and O–H groups in total. The average molecular weight is 261 g/mol. The molecule has 0 aliphatic heterocycles. The molecular formula is C15H19NO3. The third kappa shape index (κ3) is 3.29. The van der Waals surface area contributed by atoms with Crippen LogP contribution in [0.1, 0.15) is 25.5 Å². The number of aliphatic hydroxyl groups excluding tert-OH is 1. The maximum Gasteiger partial charge on any atom is 0.187 e. The summed E-state index contributed by atoms with van der Waals surface area (Å²) in [5.74, 6) is 0. The van der Waals surface area contributed by atoms with Crippen LogP contribution in [-0.4, -0.2) is 29.6 Å². The Kier molecular flexibility index (Phi) is 4.85. The van der Waals surface area contributed by atoms with E-state index in [2.05, 4.69) is 4.98 Å². The van der Waals surface area contributed by atoms with Gasteiger partial charge in [0.1, 0.15) is 6.10 Å². The number of aromatic nitrogens is 1. The van der Waals surface area contributed by atoms with E-state index in [1.165, 1.54) is 0 Å². The van der Waals surface area contributed by atoms with E-state index >= 15 is 0 Å². The van der Waals surface area contributed by atoms with Gasteiger partial charge in [0.25, 0.3) is 0 Å². The van der Waals surface area contributed by atoms with Crippen LogP contribution in [-0.2, 0) is 9.47 Å². The Hall–Kier alpha value is -1.49. The van der Waals surface area contributed by atoms with Gasteiger partial charge >= 0.3 is 0 Å². The minimum Gasteiger partial charge on any atom is -0.383 e. The number of nitrogens with zero attached hydrogens (tertiary/aromatic N) is 1. The quantitative estimate of drug-likeness (QED) is 0.812. The molecule has 1 atom stereocenters. The number of hydrogen-bond acceptors (Lipinski definition) is 4. The van der Waals surface area contributed by atoms with Gasteiger partial charge in [-0.25, -0.2) is 0 Å². The molecule has 0 amide bonds. The maximum atomic E-state index is 10.3. The monoisotopic (exact) mass is 261 g/mol. The number of rotatable bonds is 6. The SMILES string of the molecule is CCOC(OCC)C(O)c1cnc2ccccc2c1. The number of pyridine rings is 1. The normalized spacial score (nSPS) is 13.1. The highest BCUT2D eigenvalue weighted by Crippen LogP contribution is 2.23. The van der Waals surface area contributed by atoms with E-state index in [0.717, 1.165) is 10.9 Å². The zero-order valence-electron chi connectivity index (χ0n) is 11.2. The number of fused-ring (bicyclic) bond motifs is 1. The first-order valence-electron chi connectivity index (χ1n) is 6.52. The Morgan fingerprint density at radius 3 is 2.53 bits per heavy atom. The van der Waals surface area contributed by atoms with Crippen molar-refractivity contribution < 1.29 is 14.6 Å². The lowest BCUT2D eigenvalue weighted by Crippen LogP contribution is -2.25. The first-order chi connectivity index (χ1) is 9.26. The largest absolute Gasteiger partial charge is 0.383 e. The second kappa shape index (κ2) is 6.61. The van der Waals surface area contributed by atoms with Crippen molar-refractivity contribution in [1.82, 2.24) is 4.98 Å². The number of hydrogen-bond donors (Lipinski definition) is 1. The van der Waals surface area contributed by atoms with Gasteiger partial charge in [-0.2, -0.15) is 0 Å². The fourth-order valence-electron chi connectivity index (χ4n) is 1.97. The molecule has 1 heterocycles. The van der Waals surface area contributed by atoms with Crippen LogP contribution in [0.5, 0.6) is 0 Å². The fourth-order valence-corrected chi connectivity index (χ4v) is 1.97. The van der Waals surface area contributed by atoms with Gasteiger partial charge in [0, 0.05) is 30.4 Å². The highest BCUT2D eigenvalue weighted by atomic mass is 16.7. The van der Waals surface area contributed by atoms with Crippen LogP contribution >= 0.6 is 0 Å². The fraction of sp³-hybridized carbons (Fsp3) is 0.400. The lowest BCUT2D eigenvalue weighted by molar-refractivity contribution is -0.191.